The lowest BCUT2D eigenvalue weighted by atomic mass is 9.96. The summed E-state index contributed by atoms with van der Waals surface area (Å²) in [5, 5.41) is 10.5. The molecule has 0 saturated carbocycles. The smallest absolute Gasteiger partial charge is 0.242 e. The zero-order chi connectivity index (χ0) is 15.7. The van der Waals surface area contributed by atoms with Gasteiger partial charge < -0.3 is 14.6 Å². The van der Waals surface area contributed by atoms with Crippen molar-refractivity contribution in [2.75, 3.05) is 13.1 Å². The van der Waals surface area contributed by atoms with Crippen LogP contribution in [-0.2, 0) is 11.3 Å². The average molecular weight is 300 g/mol. The largest absolute Gasteiger partial charge is 0.391 e. The van der Waals surface area contributed by atoms with Crippen molar-refractivity contribution in [1.29, 1.82) is 0 Å². The number of β-amino-alcohol motifs (C(OH)–C–C–N with tert-alkyl or cyclic N) is 1. The highest BCUT2D eigenvalue weighted by molar-refractivity contribution is 5.82. The van der Waals surface area contributed by atoms with Gasteiger partial charge in [0.05, 0.1) is 11.6 Å². The quantitative estimate of drug-likeness (QED) is 0.907. The van der Waals surface area contributed by atoms with Gasteiger partial charge in [-0.3, -0.25) is 9.59 Å². The van der Waals surface area contributed by atoms with E-state index in [0.717, 1.165) is 11.9 Å². The van der Waals surface area contributed by atoms with Crippen LogP contribution in [0.1, 0.15) is 13.3 Å². The van der Waals surface area contributed by atoms with Crippen LogP contribution in [0.5, 0.6) is 0 Å². The molecule has 0 bridgehead atoms. The number of pyridine rings is 1. The summed E-state index contributed by atoms with van der Waals surface area (Å²) in [4.78, 5) is 26.0. The Bertz CT molecular complexity index is 753. The molecule has 3 rings (SSSR count). The van der Waals surface area contributed by atoms with E-state index in [0.29, 0.717) is 18.5 Å². The predicted molar refractivity (Wildman–Crippen MR) is 84.6 cm³/mol. The highest BCUT2D eigenvalue weighted by Gasteiger charge is 2.27. The normalized spacial score (nSPS) is 22.0. The number of fused-ring (bicyclic) bond motifs is 1. The SMILES string of the molecule is CC1CCN(C(=O)Cn2ccc(=O)c3ccccc32)CC1O. The molecular formula is C17H20N2O3. The first kappa shape index (κ1) is 14.8. The van der Waals surface area contributed by atoms with Gasteiger partial charge in [0.25, 0.3) is 0 Å². The number of hydrogen-bond acceptors (Lipinski definition) is 3. The van der Waals surface area contributed by atoms with Gasteiger partial charge >= 0.3 is 0 Å². The molecule has 2 aromatic rings. The fourth-order valence-electron chi connectivity index (χ4n) is 2.92. The minimum Gasteiger partial charge on any atom is -0.391 e. The number of aliphatic hydroxyl groups excluding tert-OH is 1. The van der Waals surface area contributed by atoms with E-state index in [-0.39, 0.29) is 23.8 Å². The number of carbonyl (C=O) groups excluding carboxylic acids is 1. The summed E-state index contributed by atoms with van der Waals surface area (Å²) >= 11 is 0. The van der Waals surface area contributed by atoms with Crippen LogP contribution in [0.2, 0.25) is 0 Å². The maximum atomic E-state index is 12.5. The van der Waals surface area contributed by atoms with Crippen molar-refractivity contribution >= 4 is 16.8 Å². The lowest BCUT2D eigenvalue weighted by Crippen LogP contribution is -2.46. The van der Waals surface area contributed by atoms with Crippen molar-refractivity contribution in [3.05, 3.63) is 46.8 Å². The minimum atomic E-state index is -0.455. The third-order valence-corrected chi connectivity index (χ3v) is 4.46. The number of aromatic nitrogens is 1. The second kappa shape index (κ2) is 5.93. The van der Waals surface area contributed by atoms with E-state index in [4.69, 9.17) is 0 Å². The molecule has 0 aliphatic carbocycles. The Balaban J connectivity index is 1.83. The number of piperidine rings is 1. The summed E-state index contributed by atoms with van der Waals surface area (Å²) in [5.74, 6) is 0.206. The van der Waals surface area contributed by atoms with Gasteiger partial charge in [0.2, 0.25) is 5.91 Å². The first-order valence-corrected chi connectivity index (χ1v) is 7.60. The summed E-state index contributed by atoms with van der Waals surface area (Å²) in [6.07, 6.45) is 2.02. The third kappa shape index (κ3) is 2.76. The third-order valence-electron chi connectivity index (χ3n) is 4.46. The molecule has 2 heterocycles. The maximum absolute atomic E-state index is 12.5. The Morgan fingerprint density at radius 2 is 2.09 bits per heavy atom. The molecule has 1 aromatic carbocycles. The van der Waals surface area contributed by atoms with Crippen LogP contribution in [-0.4, -0.2) is 39.7 Å². The molecule has 1 aliphatic rings. The second-order valence-corrected chi connectivity index (χ2v) is 6.00. The Morgan fingerprint density at radius 1 is 1.32 bits per heavy atom. The van der Waals surface area contributed by atoms with Crippen molar-refractivity contribution in [3.63, 3.8) is 0 Å². The van der Waals surface area contributed by atoms with Crippen molar-refractivity contribution < 1.29 is 9.90 Å². The van der Waals surface area contributed by atoms with Gasteiger partial charge in [-0.2, -0.15) is 0 Å². The molecule has 0 spiro atoms. The number of amides is 1. The van der Waals surface area contributed by atoms with E-state index in [9.17, 15) is 14.7 Å². The summed E-state index contributed by atoms with van der Waals surface area (Å²) < 4.78 is 1.80. The van der Waals surface area contributed by atoms with Crippen LogP contribution in [0.4, 0.5) is 0 Å². The van der Waals surface area contributed by atoms with E-state index in [1.165, 1.54) is 6.07 Å². The molecule has 0 radical (unpaired) electrons. The number of benzene rings is 1. The summed E-state index contributed by atoms with van der Waals surface area (Å²) in [6.45, 7) is 3.25. The van der Waals surface area contributed by atoms with Crippen molar-refractivity contribution in [3.8, 4) is 0 Å². The Morgan fingerprint density at radius 3 is 2.86 bits per heavy atom. The fraction of sp³-hybridized carbons (Fsp3) is 0.412. The van der Waals surface area contributed by atoms with E-state index >= 15 is 0 Å². The van der Waals surface area contributed by atoms with E-state index in [1.54, 1.807) is 21.7 Å². The standard InChI is InChI=1S/C17H20N2O3/c1-12-6-8-19(10-16(12)21)17(22)11-18-9-7-15(20)13-4-2-3-5-14(13)18/h2-5,7,9,12,16,21H,6,8,10-11H2,1H3. The first-order valence-electron chi connectivity index (χ1n) is 7.60. The first-order chi connectivity index (χ1) is 10.6. The van der Waals surface area contributed by atoms with Crippen LogP contribution >= 0.6 is 0 Å². The Labute approximate surface area is 128 Å². The molecule has 5 nitrogen and oxygen atoms in total. The number of nitrogens with zero attached hydrogens (tertiary/aromatic N) is 2. The van der Waals surface area contributed by atoms with E-state index < -0.39 is 6.10 Å². The van der Waals surface area contributed by atoms with Crippen molar-refractivity contribution in [2.45, 2.75) is 26.0 Å². The Hall–Kier alpha value is -2.14. The highest BCUT2D eigenvalue weighted by atomic mass is 16.3. The lowest BCUT2D eigenvalue weighted by Gasteiger charge is -2.34. The summed E-state index contributed by atoms with van der Waals surface area (Å²) in [6, 6.07) is 8.78. The van der Waals surface area contributed by atoms with Gasteiger partial charge in [-0.05, 0) is 24.5 Å². The van der Waals surface area contributed by atoms with Crippen LogP contribution in [0.15, 0.2) is 41.3 Å². The molecule has 1 amide bonds. The molecule has 116 valence electrons. The van der Waals surface area contributed by atoms with E-state index in [2.05, 4.69) is 0 Å². The molecule has 2 unspecified atom stereocenters. The van der Waals surface area contributed by atoms with Crippen molar-refractivity contribution in [2.24, 2.45) is 5.92 Å². The number of carbonyl (C=O) groups is 1. The summed E-state index contributed by atoms with van der Waals surface area (Å²) in [5.41, 5.74) is 0.718. The molecular weight excluding hydrogens is 280 g/mol. The lowest BCUT2D eigenvalue weighted by molar-refractivity contribution is -0.136. The van der Waals surface area contributed by atoms with Gasteiger partial charge in [-0.25, -0.2) is 0 Å². The van der Waals surface area contributed by atoms with Crippen LogP contribution in [0.3, 0.4) is 0 Å². The van der Waals surface area contributed by atoms with Gasteiger partial charge in [0, 0.05) is 30.7 Å². The molecule has 2 atom stereocenters. The van der Waals surface area contributed by atoms with Crippen LogP contribution < -0.4 is 5.43 Å². The molecule has 1 N–H and O–H groups in total. The molecule has 22 heavy (non-hydrogen) atoms. The minimum absolute atomic E-state index is 0.0280. The summed E-state index contributed by atoms with van der Waals surface area (Å²) in [7, 11) is 0. The molecule has 1 fully saturated rings. The molecule has 5 heteroatoms. The predicted octanol–water partition coefficient (Wildman–Crippen LogP) is 1.23. The fourth-order valence-corrected chi connectivity index (χ4v) is 2.92. The average Bonchev–Trinajstić information content (AvgIpc) is 2.53. The second-order valence-electron chi connectivity index (χ2n) is 6.00. The highest BCUT2D eigenvalue weighted by Crippen LogP contribution is 2.18. The number of hydrogen-bond donors (Lipinski definition) is 1. The zero-order valence-corrected chi connectivity index (χ0v) is 12.6. The number of aliphatic hydroxyl groups is 1. The topological polar surface area (TPSA) is 62.5 Å². The van der Waals surface area contributed by atoms with Gasteiger partial charge in [0.15, 0.2) is 5.43 Å². The van der Waals surface area contributed by atoms with Gasteiger partial charge in [-0.15, -0.1) is 0 Å². The Kier molecular flexibility index (Phi) is 3.98. The number of likely N-dealkylation sites (tertiary alicyclic amines) is 1. The van der Waals surface area contributed by atoms with Gasteiger partial charge in [-0.1, -0.05) is 19.1 Å². The van der Waals surface area contributed by atoms with E-state index in [1.807, 2.05) is 25.1 Å². The molecule has 1 aromatic heterocycles. The molecule has 1 aliphatic heterocycles. The van der Waals surface area contributed by atoms with Crippen LogP contribution in [0.25, 0.3) is 10.9 Å². The number of para-hydroxylation sites is 1. The van der Waals surface area contributed by atoms with Gasteiger partial charge in [0.1, 0.15) is 6.54 Å². The number of rotatable bonds is 2. The monoisotopic (exact) mass is 300 g/mol. The molecule has 1 saturated heterocycles. The van der Waals surface area contributed by atoms with Crippen LogP contribution in [0, 0.1) is 5.92 Å². The maximum Gasteiger partial charge on any atom is 0.242 e. The van der Waals surface area contributed by atoms with Crippen molar-refractivity contribution in [1.82, 2.24) is 9.47 Å². The zero-order valence-electron chi connectivity index (χ0n) is 12.6.